The number of hydrogen-bond acceptors (Lipinski definition) is 2. The fourth-order valence-corrected chi connectivity index (χ4v) is 1.50. The van der Waals surface area contributed by atoms with Crippen molar-refractivity contribution in [3.63, 3.8) is 0 Å². The van der Waals surface area contributed by atoms with Gasteiger partial charge in [-0.3, -0.25) is 0 Å². The van der Waals surface area contributed by atoms with Gasteiger partial charge in [0.25, 0.3) is 0 Å². The van der Waals surface area contributed by atoms with Crippen molar-refractivity contribution in [2.24, 2.45) is 0 Å². The summed E-state index contributed by atoms with van der Waals surface area (Å²) in [4.78, 5) is 2.28. The van der Waals surface area contributed by atoms with Crippen LogP contribution in [0.3, 0.4) is 0 Å². The van der Waals surface area contributed by atoms with Crippen molar-refractivity contribution in [2.75, 3.05) is 24.2 Å². The summed E-state index contributed by atoms with van der Waals surface area (Å²) < 4.78 is 0. The van der Waals surface area contributed by atoms with E-state index in [2.05, 4.69) is 48.8 Å². The van der Waals surface area contributed by atoms with Gasteiger partial charge in [0.2, 0.25) is 0 Å². The van der Waals surface area contributed by atoms with E-state index in [1.807, 2.05) is 6.07 Å². The summed E-state index contributed by atoms with van der Waals surface area (Å²) in [6.45, 7) is 1.12. The first kappa shape index (κ1) is 10.5. The maximum Gasteiger partial charge on any atom is 0.0363 e. The molecule has 0 aliphatic rings. The molecule has 0 saturated carbocycles. The lowest BCUT2D eigenvalue weighted by Gasteiger charge is -2.18. The topological polar surface area (TPSA) is 3.24 Å². The van der Waals surface area contributed by atoms with E-state index in [0.717, 1.165) is 12.3 Å². The van der Waals surface area contributed by atoms with E-state index >= 15 is 0 Å². The summed E-state index contributed by atoms with van der Waals surface area (Å²) in [5, 5.41) is 0. The average molecular weight is 195 g/mol. The minimum atomic E-state index is 0.989. The van der Waals surface area contributed by atoms with E-state index in [4.69, 9.17) is 0 Å². The number of benzene rings is 1. The van der Waals surface area contributed by atoms with Crippen LogP contribution in [0.1, 0.15) is 12.8 Å². The van der Waals surface area contributed by atoms with Gasteiger partial charge in [-0.25, -0.2) is 0 Å². The van der Waals surface area contributed by atoms with Crippen molar-refractivity contribution in [3.8, 4) is 0 Å². The summed E-state index contributed by atoms with van der Waals surface area (Å²) in [6, 6.07) is 10.5. The molecule has 0 bridgehead atoms. The molecular formula is C11H17NS. The quantitative estimate of drug-likeness (QED) is 0.558. The van der Waals surface area contributed by atoms with Crippen molar-refractivity contribution >= 4 is 18.3 Å². The molecule has 0 spiro atoms. The van der Waals surface area contributed by atoms with Gasteiger partial charge in [0.1, 0.15) is 0 Å². The van der Waals surface area contributed by atoms with E-state index < -0.39 is 0 Å². The predicted octanol–water partition coefficient (Wildman–Crippen LogP) is 2.83. The average Bonchev–Trinajstić information content (AvgIpc) is 2.19. The van der Waals surface area contributed by atoms with Crippen LogP contribution in [0.4, 0.5) is 5.69 Å². The first-order valence-corrected chi connectivity index (χ1v) is 5.35. The molecule has 1 rings (SSSR count). The number of anilines is 1. The molecule has 1 nitrogen and oxygen atoms in total. The molecular weight excluding hydrogens is 178 g/mol. The number of nitrogens with zero attached hydrogens (tertiary/aromatic N) is 1. The van der Waals surface area contributed by atoms with Crippen LogP contribution in [0.2, 0.25) is 0 Å². The van der Waals surface area contributed by atoms with E-state index in [1.165, 1.54) is 18.5 Å². The fraction of sp³-hybridized carbons (Fsp3) is 0.455. The summed E-state index contributed by atoms with van der Waals surface area (Å²) in [5.74, 6) is 0.989. The highest BCUT2D eigenvalue weighted by Gasteiger charge is 1.97. The molecule has 13 heavy (non-hydrogen) atoms. The highest BCUT2D eigenvalue weighted by molar-refractivity contribution is 7.80. The first-order valence-electron chi connectivity index (χ1n) is 4.71. The van der Waals surface area contributed by atoms with Gasteiger partial charge in [0, 0.05) is 19.3 Å². The van der Waals surface area contributed by atoms with Crippen molar-refractivity contribution < 1.29 is 0 Å². The van der Waals surface area contributed by atoms with Crippen molar-refractivity contribution in [1.29, 1.82) is 0 Å². The van der Waals surface area contributed by atoms with Gasteiger partial charge >= 0.3 is 0 Å². The molecule has 0 saturated heterocycles. The van der Waals surface area contributed by atoms with Gasteiger partial charge in [0.15, 0.2) is 0 Å². The lowest BCUT2D eigenvalue weighted by molar-refractivity contribution is 0.773. The molecule has 1 aromatic rings. The highest BCUT2D eigenvalue weighted by atomic mass is 32.1. The molecule has 72 valence electrons. The van der Waals surface area contributed by atoms with Gasteiger partial charge in [-0.1, -0.05) is 18.2 Å². The molecule has 1 aromatic carbocycles. The molecule has 0 amide bonds. The van der Waals surface area contributed by atoms with Gasteiger partial charge in [0.05, 0.1) is 0 Å². The Labute approximate surface area is 86.2 Å². The number of unbranched alkanes of at least 4 members (excludes halogenated alkanes) is 1. The standard InChI is InChI=1S/C11H17NS/c1-12(9-5-6-10-13)11-7-3-2-4-8-11/h2-4,7-8,13H,5-6,9-10H2,1H3. The van der Waals surface area contributed by atoms with Crippen LogP contribution in [0, 0.1) is 0 Å². The minimum Gasteiger partial charge on any atom is -0.375 e. The molecule has 0 aliphatic carbocycles. The first-order chi connectivity index (χ1) is 6.34. The van der Waals surface area contributed by atoms with Crippen molar-refractivity contribution in [1.82, 2.24) is 0 Å². The molecule has 0 aromatic heterocycles. The number of thiol groups is 1. The zero-order chi connectivity index (χ0) is 9.52. The van der Waals surface area contributed by atoms with Crippen LogP contribution >= 0.6 is 12.6 Å². The summed E-state index contributed by atoms with van der Waals surface area (Å²) >= 11 is 4.19. The Morgan fingerprint density at radius 1 is 1.15 bits per heavy atom. The maximum absolute atomic E-state index is 4.19. The van der Waals surface area contributed by atoms with Crippen LogP contribution in [0.5, 0.6) is 0 Å². The normalized spacial score (nSPS) is 10.0. The molecule has 0 radical (unpaired) electrons. The van der Waals surface area contributed by atoms with E-state index in [9.17, 15) is 0 Å². The van der Waals surface area contributed by atoms with Crippen LogP contribution < -0.4 is 4.90 Å². The lowest BCUT2D eigenvalue weighted by atomic mass is 10.2. The molecule has 0 heterocycles. The zero-order valence-corrected chi connectivity index (χ0v) is 9.00. The summed E-state index contributed by atoms with van der Waals surface area (Å²) in [5.41, 5.74) is 1.29. The van der Waals surface area contributed by atoms with Crippen molar-refractivity contribution in [3.05, 3.63) is 30.3 Å². The zero-order valence-electron chi connectivity index (χ0n) is 8.11. The van der Waals surface area contributed by atoms with Crippen LogP contribution in [-0.4, -0.2) is 19.3 Å². The third-order valence-corrected chi connectivity index (χ3v) is 2.41. The maximum atomic E-state index is 4.19. The molecule has 0 atom stereocenters. The molecule has 0 aliphatic heterocycles. The van der Waals surface area contributed by atoms with Crippen LogP contribution in [0.25, 0.3) is 0 Å². The number of para-hydroxylation sites is 1. The number of hydrogen-bond donors (Lipinski definition) is 1. The lowest BCUT2D eigenvalue weighted by Crippen LogP contribution is -2.18. The van der Waals surface area contributed by atoms with Gasteiger partial charge in [-0.05, 0) is 30.7 Å². The van der Waals surface area contributed by atoms with Gasteiger partial charge in [-0.2, -0.15) is 12.6 Å². The van der Waals surface area contributed by atoms with Crippen LogP contribution in [-0.2, 0) is 0 Å². The molecule has 0 fully saturated rings. The Kier molecular flexibility index (Phi) is 4.76. The number of rotatable bonds is 5. The SMILES string of the molecule is CN(CCCCS)c1ccccc1. The minimum absolute atomic E-state index is 0.989. The van der Waals surface area contributed by atoms with E-state index in [0.29, 0.717) is 0 Å². The molecule has 0 N–H and O–H groups in total. The second-order valence-electron chi connectivity index (χ2n) is 3.19. The molecule has 2 heteroatoms. The Bertz CT molecular complexity index is 223. The van der Waals surface area contributed by atoms with E-state index in [-0.39, 0.29) is 0 Å². The predicted molar refractivity (Wildman–Crippen MR) is 62.8 cm³/mol. The highest BCUT2D eigenvalue weighted by Crippen LogP contribution is 2.11. The summed E-state index contributed by atoms with van der Waals surface area (Å²) in [6.07, 6.45) is 2.41. The Hall–Kier alpha value is -0.630. The fourth-order valence-electron chi connectivity index (χ4n) is 1.27. The van der Waals surface area contributed by atoms with Gasteiger partial charge in [-0.15, -0.1) is 0 Å². The third kappa shape index (κ3) is 3.73. The van der Waals surface area contributed by atoms with Gasteiger partial charge < -0.3 is 4.90 Å². The smallest absolute Gasteiger partial charge is 0.0363 e. The van der Waals surface area contributed by atoms with E-state index in [1.54, 1.807) is 0 Å². The Morgan fingerprint density at radius 3 is 2.46 bits per heavy atom. The van der Waals surface area contributed by atoms with Crippen LogP contribution in [0.15, 0.2) is 30.3 Å². The summed E-state index contributed by atoms with van der Waals surface area (Å²) in [7, 11) is 2.13. The second kappa shape index (κ2) is 5.92. The van der Waals surface area contributed by atoms with Crippen molar-refractivity contribution in [2.45, 2.75) is 12.8 Å². The Morgan fingerprint density at radius 2 is 1.85 bits per heavy atom. The second-order valence-corrected chi connectivity index (χ2v) is 3.64. The monoisotopic (exact) mass is 195 g/mol. The molecule has 0 unspecified atom stereocenters. The third-order valence-electron chi connectivity index (χ3n) is 2.10. The largest absolute Gasteiger partial charge is 0.375 e. The Balaban J connectivity index is 2.35.